The summed E-state index contributed by atoms with van der Waals surface area (Å²) in [6.07, 6.45) is 1.63. The molecule has 0 radical (unpaired) electrons. The number of aliphatic carboxylic acids is 1. The van der Waals surface area contributed by atoms with Crippen LogP contribution in [-0.2, 0) is 4.79 Å². The molecular weight excluding hydrogens is 225 g/mol. The average molecular weight is 245 g/mol. The van der Waals surface area contributed by atoms with Gasteiger partial charge in [0, 0.05) is 19.3 Å². The van der Waals surface area contributed by atoms with Gasteiger partial charge in [-0.15, -0.1) is 0 Å². The average Bonchev–Trinajstić information content (AvgIpc) is 2.26. The summed E-state index contributed by atoms with van der Waals surface area (Å²) in [5, 5.41) is 18.3. The fourth-order valence-electron chi connectivity index (χ4n) is 1.09. The van der Waals surface area contributed by atoms with Crippen LogP contribution in [0.1, 0.15) is 26.7 Å². The molecule has 0 aliphatic carbocycles. The number of hydrogen-bond donors (Lipinski definition) is 4. The Hall–Kier alpha value is -1.27. The van der Waals surface area contributed by atoms with Gasteiger partial charge in [-0.25, -0.2) is 4.39 Å². The molecule has 5 N–H and O–H groups in total. The summed E-state index contributed by atoms with van der Waals surface area (Å²) in [6.45, 7) is 3.38. The van der Waals surface area contributed by atoms with Crippen LogP contribution in [0.15, 0.2) is 11.4 Å². The highest BCUT2D eigenvalue weighted by Crippen LogP contribution is 2.17. The van der Waals surface area contributed by atoms with Gasteiger partial charge in [0.25, 0.3) is 0 Å². The lowest BCUT2D eigenvalue weighted by Gasteiger charge is -2.19. The quantitative estimate of drug-likeness (QED) is 0.379. The van der Waals surface area contributed by atoms with Crippen LogP contribution < -0.4 is 11.1 Å². The zero-order chi connectivity index (χ0) is 13.5. The van der Waals surface area contributed by atoms with Crippen molar-refractivity contribution in [3.63, 3.8) is 0 Å². The fourth-order valence-corrected chi connectivity index (χ4v) is 1.09. The van der Waals surface area contributed by atoms with Gasteiger partial charge in [0.1, 0.15) is 11.4 Å². The number of carboxylic acid groups (broad SMARTS) is 1. The molecule has 6 heteroatoms. The van der Waals surface area contributed by atoms with Gasteiger partial charge < -0.3 is 21.6 Å². The molecule has 0 aliphatic rings. The first-order chi connectivity index (χ1) is 7.81. The summed E-state index contributed by atoms with van der Waals surface area (Å²) in [4.78, 5) is 10.7. The second kappa shape index (κ2) is 7.13. The van der Waals surface area contributed by atoms with Gasteiger partial charge in [-0.3, -0.25) is 4.79 Å². The van der Waals surface area contributed by atoms with Gasteiger partial charge in [-0.2, -0.15) is 0 Å². The summed E-state index contributed by atoms with van der Waals surface area (Å²) >= 11 is 0. The fraction of sp³-hybridized carbons (Fsp3) is 0.636. The molecule has 1 unspecified atom stereocenters. The van der Waals surface area contributed by atoms with Crippen molar-refractivity contribution in [1.29, 1.82) is 5.41 Å². The third-order valence-electron chi connectivity index (χ3n) is 2.50. The van der Waals surface area contributed by atoms with E-state index in [1.807, 2.05) is 0 Å². The van der Waals surface area contributed by atoms with E-state index in [1.54, 1.807) is 6.92 Å². The van der Waals surface area contributed by atoms with Crippen LogP contribution in [0.2, 0.25) is 0 Å². The summed E-state index contributed by atoms with van der Waals surface area (Å²) in [7, 11) is 0. The summed E-state index contributed by atoms with van der Waals surface area (Å²) in [6, 6.07) is 0. The van der Waals surface area contributed by atoms with Crippen LogP contribution in [0.4, 0.5) is 4.39 Å². The highest BCUT2D eigenvalue weighted by atomic mass is 19.1. The Kier molecular flexibility index (Phi) is 6.60. The van der Waals surface area contributed by atoms with E-state index in [4.69, 9.17) is 16.2 Å². The molecule has 1 atom stereocenters. The Bertz CT molecular complexity index is 314. The summed E-state index contributed by atoms with van der Waals surface area (Å²) < 4.78 is 13.4. The lowest BCUT2D eigenvalue weighted by Crippen LogP contribution is -2.44. The standard InChI is InChI=1S/C11H20FN3O2/c1-8(9(12)7-15-6-5-13)3-4-11(2,14)10(16)17/h5,13,15H,3-4,6-7,14H2,1-2H3,(H,16,17). The lowest BCUT2D eigenvalue weighted by atomic mass is 9.94. The highest BCUT2D eigenvalue weighted by Gasteiger charge is 2.27. The molecule has 0 fully saturated rings. The van der Waals surface area contributed by atoms with Crippen LogP contribution in [0.5, 0.6) is 0 Å². The molecule has 0 amide bonds. The van der Waals surface area contributed by atoms with E-state index in [-0.39, 0.29) is 18.8 Å². The molecule has 0 rings (SSSR count). The second-order valence-electron chi connectivity index (χ2n) is 4.24. The Balaban J connectivity index is 4.23. The molecule has 0 saturated heterocycles. The number of nitrogens with one attached hydrogen (secondary N) is 2. The van der Waals surface area contributed by atoms with Gasteiger partial charge in [0.15, 0.2) is 0 Å². The topological polar surface area (TPSA) is 99.2 Å². The van der Waals surface area contributed by atoms with Crippen LogP contribution in [0.25, 0.3) is 0 Å². The minimum Gasteiger partial charge on any atom is -0.480 e. The normalized spacial score (nSPS) is 16.0. The maximum Gasteiger partial charge on any atom is 0.323 e. The molecule has 0 saturated carbocycles. The Morgan fingerprint density at radius 3 is 2.71 bits per heavy atom. The molecule has 98 valence electrons. The smallest absolute Gasteiger partial charge is 0.323 e. The van der Waals surface area contributed by atoms with Crippen molar-refractivity contribution >= 4 is 12.2 Å². The van der Waals surface area contributed by atoms with E-state index in [2.05, 4.69) is 5.32 Å². The van der Waals surface area contributed by atoms with Gasteiger partial charge in [0.2, 0.25) is 0 Å². The number of carboxylic acids is 1. The van der Waals surface area contributed by atoms with Crippen molar-refractivity contribution in [2.45, 2.75) is 32.2 Å². The van der Waals surface area contributed by atoms with E-state index in [0.29, 0.717) is 18.5 Å². The van der Waals surface area contributed by atoms with Crippen molar-refractivity contribution in [3.05, 3.63) is 11.4 Å². The predicted molar refractivity (Wildman–Crippen MR) is 64.9 cm³/mol. The Labute approximate surface area is 100 Å². The molecule has 0 aliphatic heterocycles. The van der Waals surface area contributed by atoms with Gasteiger partial charge >= 0.3 is 5.97 Å². The maximum absolute atomic E-state index is 13.4. The first-order valence-corrected chi connectivity index (χ1v) is 5.37. The molecule has 5 nitrogen and oxygen atoms in total. The van der Waals surface area contributed by atoms with Crippen LogP contribution in [-0.4, -0.2) is 35.9 Å². The summed E-state index contributed by atoms with van der Waals surface area (Å²) in [5.41, 5.74) is 4.70. The SMILES string of the molecule is CC(CCC(C)(N)C(=O)O)=C(F)CNCC=N. The third-order valence-corrected chi connectivity index (χ3v) is 2.50. The zero-order valence-electron chi connectivity index (χ0n) is 10.2. The molecule has 0 spiro atoms. The van der Waals surface area contributed by atoms with Crippen LogP contribution in [0, 0.1) is 5.41 Å². The molecule has 0 heterocycles. The zero-order valence-corrected chi connectivity index (χ0v) is 10.2. The number of nitrogens with two attached hydrogens (primary N) is 1. The first-order valence-electron chi connectivity index (χ1n) is 5.37. The first kappa shape index (κ1) is 15.7. The molecule has 17 heavy (non-hydrogen) atoms. The number of carbonyl (C=O) groups is 1. The third kappa shape index (κ3) is 6.13. The number of allylic oxidation sites excluding steroid dienone is 1. The highest BCUT2D eigenvalue weighted by molar-refractivity contribution is 5.77. The Morgan fingerprint density at radius 1 is 1.65 bits per heavy atom. The van der Waals surface area contributed by atoms with E-state index in [0.717, 1.165) is 6.21 Å². The molecule has 0 aromatic rings. The Morgan fingerprint density at radius 2 is 2.24 bits per heavy atom. The number of hydrogen-bond acceptors (Lipinski definition) is 4. The number of halogens is 1. The van der Waals surface area contributed by atoms with Gasteiger partial charge in [0.05, 0.1) is 0 Å². The van der Waals surface area contributed by atoms with E-state index < -0.39 is 11.5 Å². The molecule has 0 aromatic heterocycles. The lowest BCUT2D eigenvalue weighted by molar-refractivity contribution is -0.142. The maximum atomic E-state index is 13.4. The number of rotatable bonds is 8. The van der Waals surface area contributed by atoms with Crippen molar-refractivity contribution in [1.82, 2.24) is 5.32 Å². The monoisotopic (exact) mass is 245 g/mol. The van der Waals surface area contributed by atoms with E-state index in [9.17, 15) is 9.18 Å². The van der Waals surface area contributed by atoms with E-state index >= 15 is 0 Å². The van der Waals surface area contributed by atoms with E-state index in [1.165, 1.54) is 6.92 Å². The summed E-state index contributed by atoms with van der Waals surface area (Å²) in [5.74, 6) is -1.42. The second-order valence-corrected chi connectivity index (χ2v) is 4.24. The van der Waals surface area contributed by atoms with Crippen molar-refractivity contribution in [2.24, 2.45) is 5.73 Å². The van der Waals surface area contributed by atoms with Crippen LogP contribution >= 0.6 is 0 Å². The van der Waals surface area contributed by atoms with Crippen molar-refractivity contribution < 1.29 is 14.3 Å². The largest absolute Gasteiger partial charge is 0.480 e. The van der Waals surface area contributed by atoms with Gasteiger partial charge in [-0.05, 0) is 32.3 Å². The molecular formula is C11H20FN3O2. The van der Waals surface area contributed by atoms with Crippen molar-refractivity contribution in [3.8, 4) is 0 Å². The van der Waals surface area contributed by atoms with Crippen LogP contribution in [0.3, 0.4) is 0 Å². The molecule has 0 bridgehead atoms. The van der Waals surface area contributed by atoms with Crippen molar-refractivity contribution in [2.75, 3.05) is 13.1 Å². The predicted octanol–water partition coefficient (Wildman–Crippen LogP) is 1.05. The minimum absolute atomic E-state index is 0.0512. The molecule has 0 aromatic carbocycles. The van der Waals surface area contributed by atoms with Gasteiger partial charge in [-0.1, -0.05) is 0 Å². The minimum atomic E-state index is -1.33.